The molecule has 20 heteroatoms. The maximum Gasteiger partial charge on any atom is 0.300 e. The predicted octanol–water partition coefficient (Wildman–Crippen LogP) is 8.20. The lowest BCUT2D eigenvalue weighted by Crippen LogP contribution is -2.35. The van der Waals surface area contributed by atoms with Crippen LogP contribution in [0.3, 0.4) is 0 Å². The van der Waals surface area contributed by atoms with Crippen LogP contribution in [0, 0.1) is 6.92 Å². The number of benzene rings is 4. The maximum atomic E-state index is 13.1. The van der Waals surface area contributed by atoms with Crippen molar-refractivity contribution in [2.45, 2.75) is 26.7 Å². The van der Waals surface area contributed by atoms with E-state index in [0.29, 0.717) is 100 Å². The lowest BCUT2D eigenvalue weighted by molar-refractivity contribution is -0.122. The topological polar surface area (TPSA) is 248 Å². The van der Waals surface area contributed by atoms with E-state index in [4.69, 9.17) is 45.8 Å². The molecule has 408 valence electrons. The average molecular weight is 1080 g/mol. The van der Waals surface area contributed by atoms with Crippen LogP contribution in [0.1, 0.15) is 45.3 Å². The van der Waals surface area contributed by atoms with Crippen molar-refractivity contribution >= 4 is 57.1 Å². The summed E-state index contributed by atoms with van der Waals surface area (Å²) in [4.78, 5) is 54.7. The number of hydrogen-bond donors (Lipinski definition) is 6. The van der Waals surface area contributed by atoms with Gasteiger partial charge in [-0.15, -0.1) is 0 Å². The molecule has 0 aliphatic rings. The van der Waals surface area contributed by atoms with Crippen LogP contribution in [0.5, 0.6) is 17.5 Å². The molecule has 4 aromatic carbocycles. The van der Waals surface area contributed by atoms with E-state index in [1.54, 1.807) is 54.9 Å². The van der Waals surface area contributed by atoms with Gasteiger partial charge in [-0.1, -0.05) is 48.9 Å². The Bertz CT molecular complexity index is 3310. The van der Waals surface area contributed by atoms with E-state index in [-0.39, 0.29) is 61.3 Å². The number of pyridine rings is 2. The van der Waals surface area contributed by atoms with Gasteiger partial charge in [-0.25, -0.2) is 4.98 Å². The summed E-state index contributed by atoms with van der Waals surface area (Å²) in [5.74, 6) is 0.192. The summed E-state index contributed by atoms with van der Waals surface area (Å²) in [6, 6.07) is 27.9. The Morgan fingerprint density at radius 3 is 2.06 bits per heavy atom. The number of hydrogen-bond acceptors (Lipinski definition) is 14. The molecule has 4 aromatic heterocycles. The molecule has 0 spiro atoms. The van der Waals surface area contributed by atoms with Gasteiger partial charge in [0, 0.05) is 90.4 Å². The number of nitrogens with one attached hydrogen (secondary N) is 4. The summed E-state index contributed by atoms with van der Waals surface area (Å²) in [6.07, 6.45) is 6.20. The number of H-pyrrole nitrogens is 1. The van der Waals surface area contributed by atoms with Crippen LogP contribution in [0.2, 0.25) is 5.02 Å². The normalized spacial score (nSPS) is 11.3. The molecule has 0 saturated carbocycles. The van der Waals surface area contributed by atoms with Gasteiger partial charge in [0.05, 0.1) is 82.1 Å². The lowest BCUT2D eigenvalue weighted by Gasteiger charge is -2.16. The summed E-state index contributed by atoms with van der Waals surface area (Å²) < 4.78 is 35.9. The monoisotopic (exact) mass is 1080 g/mol. The van der Waals surface area contributed by atoms with Crippen molar-refractivity contribution in [2.24, 2.45) is 7.05 Å². The number of phenolic OH excluding ortho intramolecular Hbond substituents is 1. The van der Waals surface area contributed by atoms with Gasteiger partial charge in [-0.2, -0.15) is 4.98 Å². The fraction of sp³-hybridized carbons (Fsp3) is 0.310. The number of phenols is 1. The van der Waals surface area contributed by atoms with Gasteiger partial charge < -0.3 is 64.8 Å². The second kappa shape index (κ2) is 27.9. The number of rotatable bonds is 29. The molecule has 0 radical (unpaired) electrons. The molecule has 78 heavy (non-hydrogen) atoms. The molecule has 8 rings (SSSR count). The SMILES string of the molecule is CCc1c(-c2ccc(C(=O)NCCNC(=O)CCOCCOCCOCCOCCOCCNC(=O)c3cc(Oc4nc5cc(-c6ccc7c(ccn7C)c6)c(Cl)cc5[nH]4)ccc3C)nc2)cnc(N)c1-c1ccc(O)cc1. The Hall–Kier alpha value is -7.91. The summed E-state index contributed by atoms with van der Waals surface area (Å²) in [5, 5.41) is 19.9. The van der Waals surface area contributed by atoms with Gasteiger partial charge in [-0.05, 0) is 96.3 Å². The average Bonchev–Trinajstić information content (AvgIpc) is 4.15. The zero-order valence-electron chi connectivity index (χ0n) is 43.9. The standard InChI is InChI=1S/C58H64ClN9O10/c1-4-44-47(36-65-55(60)54(44)38-6-10-42(69)11-7-38)41-8-13-49(64-35-41)57(72)62-18-17-61-53(70)16-21-73-23-25-75-27-29-77-30-28-76-26-24-74-22-19-63-56(71)45-32-43(12-5-37(45)2)78-58-66-50-33-46(48(59)34-51(50)67-58)39-9-14-52-40(31-39)15-20-68(52)3/h5-15,20,31-36,69H,4,16-19,21-30H2,1-3H3,(H2,60,65)(H,61,70)(H,62,72)(H,63,71)(H,66,67). The number of nitrogens with two attached hydrogens (primary N) is 1. The number of ether oxygens (including phenoxy) is 6. The van der Waals surface area contributed by atoms with Crippen LogP contribution in [0.15, 0.2) is 110 Å². The van der Waals surface area contributed by atoms with Gasteiger partial charge in [-0.3, -0.25) is 19.4 Å². The molecule has 4 heterocycles. The summed E-state index contributed by atoms with van der Waals surface area (Å²) in [5.41, 5.74) is 16.4. The van der Waals surface area contributed by atoms with Crippen LogP contribution in [0.25, 0.3) is 55.3 Å². The number of fused-ring (bicyclic) bond motifs is 2. The number of aryl methyl sites for hydroxylation is 2. The third-order valence-electron chi connectivity index (χ3n) is 12.7. The Kier molecular flexibility index (Phi) is 20.2. The number of nitrogens with zero attached hydrogens (tertiary/aromatic N) is 4. The molecule has 0 aliphatic heterocycles. The summed E-state index contributed by atoms with van der Waals surface area (Å²) in [7, 11) is 2.02. The quantitative estimate of drug-likeness (QED) is 0.0242. The number of aromatic amines is 1. The first-order valence-electron chi connectivity index (χ1n) is 25.7. The van der Waals surface area contributed by atoms with Gasteiger partial charge in [0.15, 0.2) is 0 Å². The molecule has 0 bridgehead atoms. The number of halogens is 1. The minimum absolute atomic E-state index is 0.160. The predicted molar refractivity (Wildman–Crippen MR) is 299 cm³/mol. The van der Waals surface area contributed by atoms with E-state index in [1.165, 1.54) is 0 Å². The number of carbonyl (C=O) groups excluding carboxylic acids is 3. The molecular weight excluding hydrogens is 1020 g/mol. The zero-order chi connectivity index (χ0) is 54.8. The minimum Gasteiger partial charge on any atom is -0.508 e. The number of aromatic nitrogens is 5. The Labute approximate surface area is 456 Å². The van der Waals surface area contributed by atoms with E-state index in [1.807, 2.05) is 57.4 Å². The highest BCUT2D eigenvalue weighted by atomic mass is 35.5. The van der Waals surface area contributed by atoms with E-state index >= 15 is 0 Å². The van der Waals surface area contributed by atoms with Gasteiger partial charge >= 0.3 is 0 Å². The smallest absolute Gasteiger partial charge is 0.300 e. The fourth-order valence-corrected chi connectivity index (χ4v) is 8.87. The van der Waals surface area contributed by atoms with Crippen LogP contribution >= 0.6 is 11.6 Å². The molecule has 8 aromatic rings. The number of aromatic hydroxyl groups is 1. The van der Waals surface area contributed by atoms with Crippen molar-refractivity contribution in [1.82, 2.24) is 40.5 Å². The third kappa shape index (κ3) is 15.2. The van der Waals surface area contributed by atoms with Crippen molar-refractivity contribution in [3.63, 3.8) is 0 Å². The molecule has 0 atom stereocenters. The highest BCUT2D eigenvalue weighted by Gasteiger charge is 2.18. The molecule has 0 saturated heterocycles. The van der Waals surface area contributed by atoms with E-state index in [9.17, 15) is 19.5 Å². The number of amides is 3. The van der Waals surface area contributed by atoms with Crippen molar-refractivity contribution in [1.29, 1.82) is 0 Å². The van der Waals surface area contributed by atoms with Crippen molar-refractivity contribution in [3.05, 3.63) is 137 Å². The number of anilines is 1. The largest absolute Gasteiger partial charge is 0.508 e. The maximum absolute atomic E-state index is 13.1. The van der Waals surface area contributed by atoms with Crippen LogP contribution < -0.4 is 26.4 Å². The molecule has 0 aliphatic carbocycles. The fourth-order valence-electron chi connectivity index (χ4n) is 8.60. The highest BCUT2D eigenvalue weighted by Crippen LogP contribution is 2.37. The van der Waals surface area contributed by atoms with Crippen LogP contribution in [0.4, 0.5) is 5.82 Å². The molecule has 7 N–H and O–H groups in total. The van der Waals surface area contributed by atoms with E-state index in [0.717, 1.165) is 60.9 Å². The zero-order valence-corrected chi connectivity index (χ0v) is 44.6. The summed E-state index contributed by atoms with van der Waals surface area (Å²) >= 11 is 6.73. The Balaban J connectivity index is 0.605. The van der Waals surface area contributed by atoms with E-state index < -0.39 is 0 Å². The van der Waals surface area contributed by atoms with Crippen LogP contribution in [-0.2, 0) is 41.9 Å². The first kappa shape index (κ1) is 56.3. The molecule has 3 amide bonds. The third-order valence-corrected chi connectivity index (χ3v) is 13.0. The number of nitrogen functional groups attached to an aromatic ring is 1. The van der Waals surface area contributed by atoms with Gasteiger partial charge in [0.2, 0.25) is 5.91 Å². The molecule has 19 nitrogen and oxygen atoms in total. The van der Waals surface area contributed by atoms with Crippen molar-refractivity contribution < 1.29 is 47.9 Å². The second-order valence-electron chi connectivity index (χ2n) is 18.1. The number of imidazole rings is 1. The first-order chi connectivity index (χ1) is 37.9. The number of carbonyl (C=O) groups is 3. The highest BCUT2D eigenvalue weighted by molar-refractivity contribution is 6.34. The first-order valence-corrected chi connectivity index (χ1v) is 26.1. The van der Waals surface area contributed by atoms with E-state index in [2.05, 4.69) is 58.7 Å². The van der Waals surface area contributed by atoms with Crippen molar-refractivity contribution in [2.75, 3.05) is 91.4 Å². The molecule has 0 unspecified atom stereocenters. The van der Waals surface area contributed by atoms with Crippen LogP contribution in [-0.4, -0.2) is 133 Å². The second-order valence-corrected chi connectivity index (χ2v) is 18.5. The minimum atomic E-state index is -0.365. The van der Waals surface area contributed by atoms with Gasteiger partial charge in [0.1, 0.15) is 23.0 Å². The Morgan fingerprint density at radius 2 is 1.36 bits per heavy atom. The van der Waals surface area contributed by atoms with Crippen molar-refractivity contribution in [3.8, 4) is 50.9 Å². The molecular formula is C58H64ClN9O10. The lowest BCUT2D eigenvalue weighted by atomic mass is 9.92. The van der Waals surface area contributed by atoms with Gasteiger partial charge in [0.25, 0.3) is 17.8 Å². The Morgan fingerprint density at radius 1 is 0.692 bits per heavy atom. The molecule has 0 fully saturated rings. The summed E-state index contributed by atoms with van der Waals surface area (Å²) in [6.45, 7) is 8.20.